The van der Waals surface area contributed by atoms with Crippen molar-refractivity contribution < 1.29 is 9.90 Å². The molecule has 1 aromatic heterocycles. The molecule has 0 spiro atoms. The first-order valence-corrected chi connectivity index (χ1v) is 7.88. The van der Waals surface area contributed by atoms with E-state index in [0.717, 1.165) is 21.1 Å². The molecule has 0 radical (unpaired) electrons. The molecule has 3 nitrogen and oxygen atoms in total. The van der Waals surface area contributed by atoms with E-state index in [4.69, 9.17) is 10.1 Å². The van der Waals surface area contributed by atoms with Crippen molar-refractivity contribution in [1.29, 1.82) is 0 Å². The second-order valence-corrected chi connectivity index (χ2v) is 7.38. The Labute approximate surface area is 129 Å². The van der Waals surface area contributed by atoms with Crippen molar-refractivity contribution >= 4 is 17.3 Å². The molecule has 2 aromatic rings. The van der Waals surface area contributed by atoms with E-state index in [0.29, 0.717) is 6.42 Å². The quantitative estimate of drug-likeness (QED) is 0.908. The lowest BCUT2D eigenvalue weighted by atomic mass is 9.90. The van der Waals surface area contributed by atoms with E-state index in [9.17, 15) is 4.79 Å². The van der Waals surface area contributed by atoms with Gasteiger partial charge in [-0.25, -0.2) is 4.98 Å². The molecule has 0 aliphatic carbocycles. The summed E-state index contributed by atoms with van der Waals surface area (Å²) in [6.45, 7) is 8.41. The first-order chi connectivity index (χ1) is 9.77. The van der Waals surface area contributed by atoms with Gasteiger partial charge in [0.1, 0.15) is 5.01 Å². The fourth-order valence-electron chi connectivity index (χ4n) is 2.15. The fourth-order valence-corrected chi connectivity index (χ4v) is 3.42. The van der Waals surface area contributed by atoms with Crippen LogP contribution >= 0.6 is 11.3 Å². The summed E-state index contributed by atoms with van der Waals surface area (Å²) in [6, 6.07) is 8.29. The normalized spacial score (nSPS) is 11.6. The van der Waals surface area contributed by atoms with E-state index in [-0.39, 0.29) is 11.8 Å². The third-order valence-corrected chi connectivity index (χ3v) is 4.44. The van der Waals surface area contributed by atoms with Gasteiger partial charge in [0.15, 0.2) is 0 Å². The zero-order valence-electron chi connectivity index (χ0n) is 12.9. The summed E-state index contributed by atoms with van der Waals surface area (Å²) in [7, 11) is 0. The minimum atomic E-state index is -0.764. The van der Waals surface area contributed by atoms with Crippen LogP contribution < -0.4 is 0 Å². The lowest BCUT2D eigenvalue weighted by molar-refractivity contribution is -0.136. The van der Waals surface area contributed by atoms with Gasteiger partial charge in [-0.3, -0.25) is 4.79 Å². The highest BCUT2D eigenvalue weighted by Crippen LogP contribution is 2.35. The Balaban J connectivity index is 2.40. The summed E-state index contributed by atoms with van der Waals surface area (Å²) in [5, 5.41) is 9.88. The Bertz CT molecular complexity index is 636. The molecule has 0 saturated heterocycles. The molecular formula is C17H21NO2S. The van der Waals surface area contributed by atoms with Gasteiger partial charge in [0.2, 0.25) is 0 Å². The maximum atomic E-state index is 10.8. The molecule has 0 aliphatic rings. The zero-order valence-corrected chi connectivity index (χ0v) is 13.8. The molecule has 1 heterocycles. The molecule has 0 aliphatic heterocycles. The summed E-state index contributed by atoms with van der Waals surface area (Å²) in [5.41, 5.74) is 3.26. The van der Waals surface area contributed by atoms with Gasteiger partial charge in [-0.1, -0.05) is 50.6 Å². The molecule has 21 heavy (non-hydrogen) atoms. The summed E-state index contributed by atoms with van der Waals surface area (Å²) in [5.74, 6) is -0.764. The molecule has 2 rings (SSSR count). The molecule has 4 heteroatoms. The largest absolute Gasteiger partial charge is 0.481 e. The molecule has 112 valence electrons. The number of nitrogens with zero attached hydrogens (tertiary/aromatic N) is 1. The van der Waals surface area contributed by atoms with E-state index in [1.54, 1.807) is 11.3 Å². The Hall–Kier alpha value is -1.68. The average Bonchev–Trinajstić information content (AvgIpc) is 2.81. The smallest absolute Gasteiger partial charge is 0.303 e. The number of rotatable bonds is 4. The van der Waals surface area contributed by atoms with Crippen molar-refractivity contribution in [3.63, 3.8) is 0 Å². The van der Waals surface area contributed by atoms with Gasteiger partial charge in [-0.15, -0.1) is 11.3 Å². The van der Waals surface area contributed by atoms with Gasteiger partial charge in [0.25, 0.3) is 0 Å². The van der Waals surface area contributed by atoms with Crippen LogP contribution in [0.4, 0.5) is 0 Å². The Morgan fingerprint density at radius 3 is 2.38 bits per heavy atom. The average molecular weight is 303 g/mol. The van der Waals surface area contributed by atoms with E-state index in [1.807, 2.05) is 0 Å². The highest BCUT2D eigenvalue weighted by atomic mass is 32.1. The van der Waals surface area contributed by atoms with Gasteiger partial charge in [0.05, 0.1) is 12.1 Å². The lowest BCUT2D eigenvalue weighted by Crippen LogP contribution is -2.14. The van der Waals surface area contributed by atoms with Gasteiger partial charge in [0, 0.05) is 15.9 Å². The highest BCUT2D eigenvalue weighted by molar-refractivity contribution is 7.15. The third kappa shape index (κ3) is 3.91. The monoisotopic (exact) mass is 303 g/mol. The minimum Gasteiger partial charge on any atom is -0.481 e. The molecule has 0 saturated carbocycles. The predicted molar refractivity (Wildman–Crippen MR) is 86.9 cm³/mol. The summed E-state index contributed by atoms with van der Waals surface area (Å²) >= 11 is 1.61. The van der Waals surface area contributed by atoms with Crippen molar-refractivity contribution in [2.75, 3.05) is 0 Å². The first kappa shape index (κ1) is 15.7. The number of benzene rings is 1. The summed E-state index contributed by atoms with van der Waals surface area (Å²) in [4.78, 5) is 16.7. The van der Waals surface area contributed by atoms with Crippen LogP contribution in [0.3, 0.4) is 0 Å². The Kier molecular flexibility index (Phi) is 4.47. The van der Waals surface area contributed by atoms with Crippen LogP contribution in [0.5, 0.6) is 0 Å². The highest BCUT2D eigenvalue weighted by Gasteiger charge is 2.23. The molecule has 0 amide bonds. The molecule has 0 atom stereocenters. The fraction of sp³-hybridized carbons (Fsp3) is 0.412. The molecule has 1 N–H and O–H groups in total. The van der Waals surface area contributed by atoms with Crippen molar-refractivity contribution in [3.8, 4) is 10.6 Å². The number of aliphatic carboxylic acids is 1. The van der Waals surface area contributed by atoms with Crippen LogP contribution in [0.1, 0.15) is 43.3 Å². The Morgan fingerprint density at radius 1 is 1.24 bits per heavy atom. The topological polar surface area (TPSA) is 50.2 Å². The number of carboxylic acids is 1. The molecule has 0 fully saturated rings. The van der Waals surface area contributed by atoms with Crippen LogP contribution in [0, 0.1) is 6.92 Å². The number of carboxylic acid groups (broad SMARTS) is 1. The van der Waals surface area contributed by atoms with E-state index >= 15 is 0 Å². The number of thiazole rings is 1. The minimum absolute atomic E-state index is 0.0761. The number of aromatic nitrogens is 1. The van der Waals surface area contributed by atoms with Crippen molar-refractivity contribution in [2.45, 2.75) is 46.0 Å². The van der Waals surface area contributed by atoms with Crippen LogP contribution in [-0.4, -0.2) is 16.1 Å². The number of hydrogen-bond acceptors (Lipinski definition) is 3. The molecule has 0 bridgehead atoms. The van der Waals surface area contributed by atoms with Crippen molar-refractivity contribution in [2.24, 2.45) is 0 Å². The predicted octanol–water partition coefficient (Wildman–Crippen LogP) is 4.43. The van der Waals surface area contributed by atoms with Gasteiger partial charge in [-0.2, -0.15) is 0 Å². The Morgan fingerprint density at radius 2 is 1.86 bits per heavy atom. The maximum Gasteiger partial charge on any atom is 0.303 e. The third-order valence-electron chi connectivity index (χ3n) is 3.27. The van der Waals surface area contributed by atoms with Gasteiger partial charge >= 0.3 is 5.97 Å². The van der Waals surface area contributed by atoms with Crippen molar-refractivity contribution in [3.05, 3.63) is 40.4 Å². The lowest BCUT2D eigenvalue weighted by Gasteiger charge is -2.17. The number of hydrogen-bond donors (Lipinski definition) is 1. The van der Waals surface area contributed by atoms with Crippen LogP contribution in [0.2, 0.25) is 0 Å². The van der Waals surface area contributed by atoms with Crippen LogP contribution in [0.15, 0.2) is 24.3 Å². The van der Waals surface area contributed by atoms with Crippen molar-refractivity contribution in [1.82, 2.24) is 4.98 Å². The zero-order chi connectivity index (χ0) is 15.6. The van der Waals surface area contributed by atoms with E-state index in [2.05, 4.69) is 52.0 Å². The van der Waals surface area contributed by atoms with Gasteiger partial charge < -0.3 is 5.11 Å². The molecule has 0 unspecified atom stereocenters. The number of aryl methyl sites for hydroxylation is 2. The standard InChI is InChI=1S/C17H21NO2S/c1-11-5-7-12(8-6-11)16-18-15(17(2,3)4)13(21-16)9-10-14(19)20/h5-8H,9-10H2,1-4H3,(H,19,20). The SMILES string of the molecule is Cc1ccc(-c2nc(C(C)(C)C)c(CCC(=O)O)s2)cc1. The second kappa shape index (κ2) is 5.98. The summed E-state index contributed by atoms with van der Waals surface area (Å²) in [6.07, 6.45) is 0.698. The maximum absolute atomic E-state index is 10.8. The van der Waals surface area contributed by atoms with Crippen LogP contribution in [-0.2, 0) is 16.6 Å². The molecular weight excluding hydrogens is 282 g/mol. The van der Waals surface area contributed by atoms with Gasteiger partial charge in [-0.05, 0) is 13.3 Å². The molecule has 1 aromatic carbocycles. The number of carbonyl (C=O) groups is 1. The second-order valence-electron chi connectivity index (χ2n) is 6.30. The first-order valence-electron chi connectivity index (χ1n) is 7.06. The summed E-state index contributed by atoms with van der Waals surface area (Å²) < 4.78 is 0. The van der Waals surface area contributed by atoms with E-state index < -0.39 is 5.97 Å². The van der Waals surface area contributed by atoms with Crippen LogP contribution in [0.25, 0.3) is 10.6 Å². The van der Waals surface area contributed by atoms with E-state index in [1.165, 1.54) is 5.56 Å².